The molecule has 0 amide bonds. The first kappa shape index (κ1) is 21.2. The fraction of sp³-hybridized carbons (Fsp3) is 0.0800. The van der Waals surface area contributed by atoms with Gasteiger partial charge in [-0.25, -0.2) is 14.5 Å². The van der Waals surface area contributed by atoms with Crippen LogP contribution in [0.15, 0.2) is 83.0 Å². The monoisotopic (exact) mass is 474 g/mol. The Kier molecular flexibility index (Phi) is 5.81. The van der Waals surface area contributed by atoms with Crippen molar-refractivity contribution in [3.63, 3.8) is 0 Å². The van der Waals surface area contributed by atoms with Gasteiger partial charge in [-0.1, -0.05) is 35.9 Å². The van der Waals surface area contributed by atoms with Crippen molar-refractivity contribution in [1.82, 2.24) is 14.5 Å². The minimum Gasteiger partial charge on any atom is -0.497 e. The summed E-state index contributed by atoms with van der Waals surface area (Å²) in [5.74, 6) is 1.35. The maximum absolute atomic E-state index is 13.5. The van der Waals surface area contributed by atoms with Gasteiger partial charge in [0.2, 0.25) is 0 Å². The van der Waals surface area contributed by atoms with Gasteiger partial charge in [0, 0.05) is 21.7 Å². The molecule has 2 aromatic heterocycles. The highest BCUT2D eigenvalue weighted by molar-refractivity contribution is 7.12. The van der Waals surface area contributed by atoms with E-state index in [4.69, 9.17) is 26.3 Å². The number of ether oxygens (including phenoxy) is 1. The van der Waals surface area contributed by atoms with Crippen LogP contribution in [0.2, 0.25) is 5.02 Å². The Morgan fingerprint density at radius 1 is 1.00 bits per heavy atom. The minimum atomic E-state index is -0.149. The number of fused-ring (bicyclic) bond motifs is 1. The van der Waals surface area contributed by atoms with Crippen molar-refractivity contribution < 1.29 is 4.74 Å². The van der Waals surface area contributed by atoms with Gasteiger partial charge in [-0.05, 0) is 48.5 Å². The van der Waals surface area contributed by atoms with E-state index >= 15 is 0 Å². The number of anilines is 1. The molecule has 0 radical (unpaired) electrons. The molecular formula is C25H19ClN4O2S. The molecule has 2 heterocycles. The first-order chi connectivity index (χ1) is 16.1. The topological polar surface area (TPSA) is 69.0 Å². The summed E-state index contributed by atoms with van der Waals surface area (Å²) in [6.07, 6.45) is 0. The molecule has 0 bridgehead atoms. The molecule has 8 heteroatoms. The van der Waals surface area contributed by atoms with E-state index in [0.717, 1.165) is 22.7 Å². The van der Waals surface area contributed by atoms with Crippen LogP contribution in [0.3, 0.4) is 0 Å². The van der Waals surface area contributed by atoms with Crippen LogP contribution in [0.25, 0.3) is 27.3 Å². The molecule has 0 saturated carbocycles. The van der Waals surface area contributed by atoms with E-state index in [0.29, 0.717) is 33.4 Å². The molecular weight excluding hydrogens is 456 g/mol. The Morgan fingerprint density at radius 3 is 2.52 bits per heavy atom. The lowest BCUT2D eigenvalue weighted by Crippen LogP contribution is -2.25. The molecule has 0 spiro atoms. The smallest absolute Gasteiger partial charge is 0.267 e. The van der Waals surface area contributed by atoms with Gasteiger partial charge in [0.25, 0.3) is 5.56 Å². The number of benzene rings is 3. The molecule has 0 atom stereocenters. The summed E-state index contributed by atoms with van der Waals surface area (Å²) in [6.45, 7) is 0.349. The van der Waals surface area contributed by atoms with Crippen LogP contribution < -0.4 is 15.6 Å². The van der Waals surface area contributed by atoms with Crippen LogP contribution in [0.1, 0.15) is 5.82 Å². The zero-order valence-electron chi connectivity index (χ0n) is 17.7. The normalized spacial score (nSPS) is 11.0. The first-order valence-electron chi connectivity index (χ1n) is 10.2. The first-order valence-corrected chi connectivity index (χ1v) is 11.5. The van der Waals surface area contributed by atoms with Crippen molar-refractivity contribution in [2.75, 3.05) is 12.4 Å². The molecule has 1 N–H and O–H groups in total. The maximum atomic E-state index is 13.5. The average molecular weight is 475 g/mol. The van der Waals surface area contributed by atoms with Gasteiger partial charge in [-0.3, -0.25) is 4.79 Å². The summed E-state index contributed by atoms with van der Waals surface area (Å²) < 4.78 is 6.80. The number of nitrogens with one attached hydrogen (secondary N) is 1. The number of aromatic nitrogens is 3. The average Bonchev–Trinajstić information content (AvgIpc) is 3.33. The van der Waals surface area contributed by atoms with Crippen LogP contribution >= 0.6 is 22.9 Å². The summed E-state index contributed by atoms with van der Waals surface area (Å²) >= 11 is 7.41. The number of nitrogens with zero attached hydrogens (tertiary/aromatic N) is 3. The Hall–Kier alpha value is -3.68. The van der Waals surface area contributed by atoms with Gasteiger partial charge >= 0.3 is 0 Å². The third-order valence-electron chi connectivity index (χ3n) is 5.21. The Labute approximate surface area is 199 Å². The van der Waals surface area contributed by atoms with Gasteiger partial charge in [-0.2, -0.15) is 0 Å². The van der Waals surface area contributed by atoms with Crippen molar-refractivity contribution in [3.05, 3.63) is 99.4 Å². The van der Waals surface area contributed by atoms with E-state index in [-0.39, 0.29) is 5.56 Å². The molecule has 0 aliphatic carbocycles. The zero-order valence-corrected chi connectivity index (χ0v) is 19.2. The largest absolute Gasteiger partial charge is 0.497 e. The Morgan fingerprint density at radius 2 is 1.76 bits per heavy atom. The fourth-order valence-electron chi connectivity index (χ4n) is 3.50. The maximum Gasteiger partial charge on any atom is 0.267 e. The molecule has 164 valence electrons. The standard InChI is InChI=1S/C25H19ClN4O2S/c1-32-19-12-10-18(11-13-19)27-14-23-28-21-5-3-2-4-20(21)24(31)30(23)25-29-22(15-33-25)16-6-8-17(26)9-7-16/h2-13,15,27H,14H2,1H3. The number of rotatable bonds is 6. The lowest BCUT2D eigenvalue weighted by Gasteiger charge is -2.13. The fourth-order valence-corrected chi connectivity index (χ4v) is 4.48. The van der Waals surface area contributed by atoms with E-state index < -0.39 is 0 Å². The Bertz CT molecular complexity index is 1480. The lowest BCUT2D eigenvalue weighted by atomic mass is 10.2. The quantitative estimate of drug-likeness (QED) is 0.337. The highest BCUT2D eigenvalue weighted by atomic mass is 35.5. The molecule has 33 heavy (non-hydrogen) atoms. The van der Waals surface area contributed by atoms with Crippen LogP contribution in [0.4, 0.5) is 5.69 Å². The molecule has 0 fully saturated rings. The predicted molar refractivity (Wildman–Crippen MR) is 134 cm³/mol. The SMILES string of the molecule is COc1ccc(NCc2nc3ccccc3c(=O)n2-c2nc(-c3ccc(Cl)cc3)cs2)cc1. The number of methoxy groups -OCH3 is 1. The summed E-state index contributed by atoms with van der Waals surface area (Å²) in [6, 6.07) is 22.4. The third-order valence-corrected chi connectivity index (χ3v) is 6.29. The number of hydrogen-bond acceptors (Lipinski definition) is 6. The van der Waals surface area contributed by atoms with E-state index in [9.17, 15) is 4.79 Å². The van der Waals surface area contributed by atoms with E-state index in [1.54, 1.807) is 17.7 Å². The molecule has 0 saturated heterocycles. The van der Waals surface area contributed by atoms with E-state index in [2.05, 4.69) is 5.32 Å². The van der Waals surface area contributed by atoms with Gasteiger partial charge in [0.05, 0.1) is 30.3 Å². The van der Waals surface area contributed by atoms with Crippen molar-refractivity contribution >= 4 is 39.5 Å². The van der Waals surface area contributed by atoms with Crippen LogP contribution in [0.5, 0.6) is 5.75 Å². The van der Waals surface area contributed by atoms with E-state index in [1.807, 2.05) is 72.1 Å². The molecule has 0 aliphatic rings. The van der Waals surface area contributed by atoms with Crippen molar-refractivity contribution in [2.24, 2.45) is 0 Å². The second kappa shape index (κ2) is 9.05. The summed E-state index contributed by atoms with van der Waals surface area (Å²) in [5, 5.41) is 7.05. The summed E-state index contributed by atoms with van der Waals surface area (Å²) in [7, 11) is 1.63. The van der Waals surface area contributed by atoms with Crippen molar-refractivity contribution in [1.29, 1.82) is 0 Å². The highest BCUT2D eigenvalue weighted by Crippen LogP contribution is 2.26. The summed E-state index contributed by atoms with van der Waals surface area (Å²) in [4.78, 5) is 23.0. The van der Waals surface area contributed by atoms with Crippen LogP contribution in [-0.2, 0) is 6.54 Å². The second-order valence-electron chi connectivity index (χ2n) is 7.29. The third kappa shape index (κ3) is 4.33. The highest BCUT2D eigenvalue weighted by Gasteiger charge is 2.16. The van der Waals surface area contributed by atoms with E-state index in [1.165, 1.54) is 11.3 Å². The minimum absolute atomic E-state index is 0.149. The number of halogens is 1. The number of hydrogen-bond donors (Lipinski definition) is 1. The van der Waals surface area contributed by atoms with Gasteiger partial charge in [-0.15, -0.1) is 11.3 Å². The molecule has 0 aliphatic heterocycles. The van der Waals surface area contributed by atoms with Gasteiger partial charge in [0.1, 0.15) is 11.6 Å². The van der Waals surface area contributed by atoms with Crippen LogP contribution in [0, 0.1) is 0 Å². The number of para-hydroxylation sites is 1. The molecule has 5 aromatic rings. The molecule has 3 aromatic carbocycles. The molecule has 6 nitrogen and oxygen atoms in total. The van der Waals surface area contributed by atoms with Crippen molar-refractivity contribution in [2.45, 2.75) is 6.54 Å². The lowest BCUT2D eigenvalue weighted by molar-refractivity contribution is 0.415. The van der Waals surface area contributed by atoms with Gasteiger partial charge < -0.3 is 10.1 Å². The van der Waals surface area contributed by atoms with Crippen molar-refractivity contribution in [3.8, 4) is 22.1 Å². The number of thiazole rings is 1. The van der Waals surface area contributed by atoms with Crippen LogP contribution in [-0.4, -0.2) is 21.6 Å². The molecule has 5 rings (SSSR count). The second-order valence-corrected chi connectivity index (χ2v) is 8.56. The zero-order chi connectivity index (χ0) is 22.8. The summed E-state index contributed by atoms with van der Waals surface area (Å²) in [5.41, 5.74) is 3.11. The molecule has 0 unspecified atom stereocenters. The predicted octanol–water partition coefficient (Wildman–Crippen LogP) is 5.78. The Balaban J connectivity index is 1.56. The van der Waals surface area contributed by atoms with Gasteiger partial charge in [0.15, 0.2) is 5.13 Å².